The standard InChI is InChI=1S/C14H29N3O2.2ClH/c1-11(2)9-12(15)13(18)16-10-14(17(3)4)5-7-19-8-6-14;;/h11-12H,5-10,15H2,1-4H3,(H,16,18);2*1H/t12-;;/m0../s1. The molecular formula is C14H31Cl2N3O2. The number of hydrogen-bond acceptors (Lipinski definition) is 4. The van der Waals surface area contributed by atoms with Crippen LogP contribution in [-0.4, -0.2) is 56.2 Å². The number of amides is 1. The van der Waals surface area contributed by atoms with Crippen molar-refractivity contribution in [2.24, 2.45) is 11.7 Å². The van der Waals surface area contributed by atoms with Gasteiger partial charge in [0.15, 0.2) is 0 Å². The van der Waals surface area contributed by atoms with E-state index in [1.807, 2.05) is 0 Å². The first kappa shape index (κ1) is 23.2. The first-order chi connectivity index (χ1) is 8.87. The first-order valence-electron chi connectivity index (χ1n) is 7.16. The topological polar surface area (TPSA) is 67.6 Å². The van der Waals surface area contributed by atoms with Gasteiger partial charge in [-0.1, -0.05) is 13.8 Å². The van der Waals surface area contributed by atoms with E-state index in [-0.39, 0.29) is 36.3 Å². The number of nitrogens with two attached hydrogens (primary N) is 1. The van der Waals surface area contributed by atoms with Crippen LogP contribution >= 0.6 is 24.8 Å². The van der Waals surface area contributed by atoms with Gasteiger partial charge >= 0.3 is 0 Å². The average Bonchev–Trinajstić information content (AvgIpc) is 2.36. The molecule has 0 saturated carbocycles. The van der Waals surface area contributed by atoms with Crippen LogP contribution in [0.5, 0.6) is 0 Å². The second kappa shape index (κ2) is 10.6. The van der Waals surface area contributed by atoms with E-state index in [0.29, 0.717) is 12.5 Å². The van der Waals surface area contributed by atoms with Crippen molar-refractivity contribution >= 4 is 30.7 Å². The van der Waals surface area contributed by atoms with Gasteiger partial charge in [0.05, 0.1) is 6.04 Å². The zero-order chi connectivity index (χ0) is 14.5. The summed E-state index contributed by atoms with van der Waals surface area (Å²) in [5, 5.41) is 3.02. The molecule has 1 fully saturated rings. The van der Waals surface area contributed by atoms with Crippen LogP contribution in [0, 0.1) is 5.92 Å². The highest BCUT2D eigenvalue weighted by Crippen LogP contribution is 2.25. The van der Waals surface area contributed by atoms with Gasteiger partial charge in [0, 0.05) is 25.3 Å². The minimum Gasteiger partial charge on any atom is -0.381 e. The maximum atomic E-state index is 12.0. The average molecular weight is 344 g/mol. The summed E-state index contributed by atoms with van der Waals surface area (Å²) in [6, 6.07) is -0.404. The van der Waals surface area contributed by atoms with E-state index >= 15 is 0 Å². The smallest absolute Gasteiger partial charge is 0.236 e. The quantitative estimate of drug-likeness (QED) is 0.765. The zero-order valence-corrected chi connectivity index (χ0v) is 15.2. The van der Waals surface area contributed by atoms with E-state index in [1.165, 1.54) is 0 Å². The fourth-order valence-electron chi connectivity index (χ4n) is 2.53. The Morgan fingerprint density at radius 2 is 1.81 bits per heavy atom. The van der Waals surface area contributed by atoms with Gasteiger partial charge in [-0.2, -0.15) is 0 Å². The number of carbonyl (C=O) groups excluding carboxylic acids is 1. The van der Waals surface area contributed by atoms with E-state index in [4.69, 9.17) is 10.5 Å². The summed E-state index contributed by atoms with van der Waals surface area (Å²) in [7, 11) is 4.12. The fourth-order valence-corrected chi connectivity index (χ4v) is 2.53. The molecule has 1 heterocycles. The molecule has 0 aromatic rings. The Labute approximate surface area is 141 Å². The van der Waals surface area contributed by atoms with E-state index in [2.05, 4.69) is 38.2 Å². The van der Waals surface area contributed by atoms with Gasteiger partial charge in [0.2, 0.25) is 5.91 Å². The number of nitrogens with zero attached hydrogens (tertiary/aromatic N) is 1. The number of ether oxygens (including phenoxy) is 1. The minimum atomic E-state index is -0.404. The normalized spacial score (nSPS) is 18.6. The van der Waals surface area contributed by atoms with Crippen LogP contribution in [0.25, 0.3) is 0 Å². The minimum absolute atomic E-state index is 0. The molecule has 21 heavy (non-hydrogen) atoms. The van der Waals surface area contributed by atoms with E-state index in [9.17, 15) is 4.79 Å². The maximum Gasteiger partial charge on any atom is 0.236 e. The second-order valence-electron chi connectivity index (χ2n) is 6.18. The Hall–Kier alpha value is -0.0700. The number of nitrogens with one attached hydrogen (secondary N) is 1. The summed E-state index contributed by atoms with van der Waals surface area (Å²) in [6.07, 6.45) is 2.61. The summed E-state index contributed by atoms with van der Waals surface area (Å²) in [5.74, 6) is 0.396. The van der Waals surface area contributed by atoms with Crippen LogP contribution in [0.3, 0.4) is 0 Å². The summed E-state index contributed by atoms with van der Waals surface area (Å²) >= 11 is 0. The second-order valence-corrected chi connectivity index (χ2v) is 6.18. The van der Waals surface area contributed by atoms with Gasteiger partial charge in [-0.3, -0.25) is 4.79 Å². The Bertz CT molecular complexity index is 296. The van der Waals surface area contributed by atoms with Gasteiger partial charge in [-0.05, 0) is 39.3 Å². The molecule has 7 heteroatoms. The molecule has 0 aromatic carbocycles. The number of carbonyl (C=O) groups is 1. The van der Waals surface area contributed by atoms with Crippen LogP contribution in [0.1, 0.15) is 33.1 Å². The fraction of sp³-hybridized carbons (Fsp3) is 0.929. The van der Waals surface area contributed by atoms with Crippen LogP contribution < -0.4 is 11.1 Å². The molecule has 0 spiro atoms. The molecule has 1 amide bonds. The van der Waals surface area contributed by atoms with Crippen LogP contribution in [0.15, 0.2) is 0 Å². The largest absolute Gasteiger partial charge is 0.381 e. The van der Waals surface area contributed by atoms with Gasteiger partial charge in [-0.15, -0.1) is 24.8 Å². The first-order valence-corrected chi connectivity index (χ1v) is 7.16. The Kier molecular flexibility index (Phi) is 11.7. The molecule has 0 bridgehead atoms. The predicted molar refractivity (Wildman–Crippen MR) is 91.4 cm³/mol. The summed E-state index contributed by atoms with van der Waals surface area (Å²) < 4.78 is 5.42. The molecule has 1 aliphatic rings. The van der Waals surface area contributed by atoms with Gasteiger partial charge in [-0.25, -0.2) is 0 Å². The molecule has 1 saturated heterocycles. The molecule has 0 unspecified atom stereocenters. The number of hydrogen-bond donors (Lipinski definition) is 2. The molecule has 1 aliphatic heterocycles. The van der Waals surface area contributed by atoms with Crippen molar-refractivity contribution < 1.29 is 9.53 Å². The lowest BCUT2D eigenvalue weighted by Gasteiger charge is -2.43. The maximum absolute atomic E-state index is 12.0. The summed E-state index contributed by atoms with van der Waals surface area (Å²) in [4.78, 5) is 14.2. The summed E-state index contributed by atoms with van der Waals surface area (Å²) in [6.45, 7) is 6.31. The predicted octanol–water partition coefficient (Wildman–Crippen LogP) is 1.43. The van der Waals surface area contributed by atoms with Crippen molar-refractivity contribution in [1.82, 2.24) is 10.2 Å². The molecule has 0 aliphatic carbocycles. The van der Waals surface area contributed by atoms with Crippen LogP contribution in [0.4, 0.5) is 0 Å². The van der Waals surface area contributed by atoms with Crippen LogP contribution in [-0.2, 0) is 9.53 Å². The molecule has 1 atom stereocenters. The Morgan fingerprint density at radius 1 is 1.29 bits per heavy atom. The lowest BCUT2D eigenvalue weighted by Crippen LogP contribution is -2.57. The number of likely N-dealkylation sites (N-methyl/N-ethyl adjacent to an activating group) is 1. The third-order valence-electron chi connectivity index (χ3n) is 4.03. The van der Waals surface area contributed by atoms with Gasteiger partial charge in [0.25, 0.3) is 0 Å². The highest BCUT2D eigenvalue weighted by atomic mass is 35.5. The SMILES string of the molecule is CC(C)C[C@H](N)C(=O)NCC1(N(C)C)CCOCC1.Cl.Cl. The van der Waals surface area contributed by atoms with Crippen molar-refractivity contribution in [2.75, 3.05) is 33.9 Å². The van der Waals surface area contributed by atoms with E-state index < -0.39 is 6.04 Å². The van der Waals surface area contributed by atoms with E-state index in [1.54, 1.807) is 0 Å². The van der Waals surface area contributed by atoms with Crippen molar-refractivity contribution in [1.29, 1.82) is 0 Å². The molecule has 128 valence electrons. The lowest BCUT2D eigenvalue weighted by molar-refractivity contribution is -0.123. The highest BCUT2D eigenvalue weighted by molar-refractivity contribution is 5.85. The van der Waals surface area contributed by atoms with Crippen molar-refractivity contribution in [3.8, 4) is 0 Å². The lowest BCUT2D eigenvalue weighted by atomic mass is 9.88. The number of rotatable bonds is 6. The highest BCUT2D eigenvalue weighted by Gasteiger charge is 2.35. The molecular weight excluding hydrogens is 313 g/mol. The molecule has 0 aromatic heterocycles. The van der Waals surface area contributed by atoms with Crippen molar-refractivity contribution in [2.45, 2.75) is 44.7 Å². The third kappa shape index (κ3) is 7.15. The monoisotopic (exact) mass is 343 g/mol. The van der Waals surface area contributed by atoms with Crippen molar-refractivity contribution in [3.63, 3.8) is 0 Å². The Balaban J connectivity index is 0. The third-order valence-corrected chi connectivity index (χ3v) is 4.03. The Morgan fingerprint density at radius 3 is 2.24 bits per heavy atom. The molecule has 5 nitrogen and oxygen atoms in total. The van der Waals surface area contributed by atoms with E-state index in [0.717, 1.165) is 32.5 Å². The molecule has 1 rings (SSSR count). The number of halogens is 2. The summed E-state index contributed by atoms with van der Waals surface area (Å²) in [5.41, 5.74) is 5.91. The van der Waals surface area contributed by atoms with Gasteiger partial charge < -0.3 is 20.7 Å². The van der Waals surface area contributed by atoms with Gasteiger partial charge in [0.1, 0.15) is 0 Å². The van der Waals surface area contributed by atoms with Crippen LogP contribution in [0.2, 0.25) is 0 Å². The zero-order valence-electron chi connectivity index (χ0n) is 13.6. The van der Waals surface area contributed by atoms with Crippen molar-refractivity contribution in [3.05, 3.63) is 0 Å². The molecule has 0 radical (unpaired) electrons. The molecule has 3 N–H and O–H groups in total.